The highest BCUT2D eigenvalue weighted by atomic mass is 127. The van der Waals surface area contributed by atoms with Gasteiger partial charge in [0.15, 0.2) is 0 Å². The van der Waals surface area contributed by atoms with Crippen LogP contribution < -0.4 is 0 Å². The second-order valence-corrected chi connectivity index (χ2v) is 10.7. The summed E-state index contributed by atoms with van der Waals surface area (Å²) >= 11 is 2.75. The summed E-state index contributed by atoms with van der Waals surface area (Å²) in [5, 5.41) is 0. The van der Waals surface area contributed by atoms with Gasteiger partial charge in [0.05, 0.1) is 0 Å². The summed E-state index contributed by atoms with van der Waals surface area (Å²) in [5.41, 5.74) is 0. The summed E-state index contributed by atoms with van der Waals surface area (Å²) in [6.45, 7) is 4.58. The van der Waals surface area contributed by atoms with Crippen molar-refractivity contribution in [1.29, 1.82) is 0 Å². The Bertz CT molecular complexity index is 94.5. The summed E-state index contributed by atoms with van der Waals surface area (Å²) in [6.07, 6.45) is 11.6. The van der Waals surface area contributed by atoms with Crippen molar-refractivity contribution >= 4 is 28.1 Å². The van der Waals surface area contributed by atoms with Gasteiger partial charge in [0.2, 0.25) is 0 Å². The van der Waals surface area contributed by atoms with Gasteiger partial charge in [-0.25, -0.2) is 0 Å². The van der Waals surface area contributed by atoms with Gasteiger partial charge in [-0.1, -0.05) is 65.2 Å². The van der Waals surface area contributed by atoms with Gasteiger partial charge in [-0.05, 0) is 12.1 Å². The first-order valence-electron chi connectivity index (χ1n) is 6.31. The Labute approximate surface area is 105 Å². The Balaban J connectivity index is 3.07. The zero-order valence-corrected chi connectivity index (χ0v) is 13.1. The van der Waals surface area contributed by atoms with Crippen molar-refractivity contribution in [2.75, 3.05) is 0 Å². The Morgan fingerprint density at radius 2 is 1.14 bits per heavy atom. The monoisotopic (exact) mass is 325 g/mol. The van der Waals surface area contributed by atoms with Crippen LogP contribution in [0.4, 0.5) is 0 Å². The fourth-order valence-electron chi connectivity index (χ4n) is 1.61. The smallest absolute Gasteiger partial charge is 0.121 e. The van der Waals surface area contributed by atoms with E-state index in [0.717, 1.165) is 0 Å². The summed E-state index contributed by atoms with van der Waals surface area (Å²) in [7, 11) is 0. The van der Waals surface area contributed by atoms with Crippen molar-refractivity contribution in [1.82, 2.24) is 0 Å². The van der Waals surface area contributed by atoms with Crippen LogP contribution >= 0.6 is 21.8 Å². The Morgan fingerprint density at radius 3 is 1.50 bits per heavy atom. The van der Waals surface area contributed by atoms with Crippen LogP contribution in [0.25, 0.3) is 0 Å². The second-order valence-electron chi connectivity index (χ2n) is 4.14. The molecule has 0 aliphatic carbocycles. The molecule has 0 N–H and O–H groups in total. The van der Waals surface area contributed by atoms with Gasteiger partial charge in [0, 0.05) is 0 Å². The summed E-state index contributed by atoms with van der Waals surface area (Å²) in [4.78, 5) is 0. The molecule has 0 aromatic rings. The third-order valence-corrected chi connectivity index (χ3v) is 7.63. The number of halogens is 1. The first kappa shape index (κ1) is 14.9. The SMILES string of the molecule is CCCCCC[Si](I)CCCCCC. The van der Waals surface area contributed by atoms with Crippen molar-refractivity contribution in [2.24, 2.45) is 0 Å². The minimum Gasteiger partial charge on any atom is -0.121 e. The molecule has 0 atom stereocenters. The van der Waals surface area contributed by atoms with Crippen LogP contribution in [0.15, 0.2) is 0 Å². The molecule has 85 valence electrons. The quantitative estimate of drug-likeness (QED) is 0.213. The lowest BCUT2D eigenvalue weighted by atomic mass is 10.2. The molecule has 0 unspecified atom stereocenters. The molecule has 1 radical (unpaired) electrons. The number of rotatable bonds is 10. The van der Waals surface area contributed by atoms with Crippen LogP contribution in [-0.2, 0) is 0 Å². The maximum Gasteiger partial charge on any atom is 0.129 e. The van der Waals surface area contributed by atoms with Crippen LogP contribution in [0.2, 0.25) is 12.1 Å². The van der Waals surface area contributed by atoms with Gasteiger partial charge >= 0.3 is 0 Å². The van der Waals surface area contributed by atoms with Crippen LogP contribution in [0.3, 0.4) is 0 Å². The van der Waals surface area contributed by atoms with Crippen LogP contribution in [0.5, 0.6) is 0 Å². The number of unbranched alkanes of at least 4 members (excludes halogenated alkanes) is 6. The van der Waals surface area contributed by atoms with Gasteiger partial charge in [-0.15, -0.1) is 21.8 Å². The van der Waals surface area contributed by atoms with Crippen LogP contribution in [0, 0.1) is 0 Å². The van der Waals surface area contributed by atoms with Crippen molar-refractivity contribution in [3.63, 3.8) is 0 Å². The van der Waals surface area contributed by atoms with E-state index < -0.39 is 0 Å². The molecular weight excluding hydrogens is 299 g/mol. The molecule has 0 aromatic heterocycles. The highest BCUT2D eigenvalue weighted by molar-refractivity contribution is 14.1. The van der Waals surface area contributed by atoms with E-state index in [1.807, 2.05) is 0 Å². The maximum absolute atomic E-state index is 2.75. The van der Waals surface area contributed by atoms with E-state index >= 15 is 0 Å². The molecule has 14 heavy (non-hydrogen) atoms. The molecule has 0 heterocycles. The average Bonchev–Trinajstić information content (AvgIpc) is 2.19. The molecule has 0 saturated carbocycles. The molecule has 0 spiro atoms. The van der Waals surface area contributed by atoms with Gasteiger partial charge < -0.3 is 0 Å². The summed E-state index contributed by atoms with van der Waals surface area (Å²) in [5.74, 6) is 0. The molecule has 2 heteroatoms. The lowest BCUT2D eigenvalue weighted by molar-refractivity contribution is 0.689. The fourth-order valence-corrected chi connectivity index (χ4v) is 5.42. The van der Waals surface area contributed by atoms with Crippen molar-refractivity contribution in [2.45, 2.75) is 77.3 Å². The van der Waals surface area contributed by atoms with E-state index in [1.54, 1.807) is 12.1 Å². The standard InChI is InChI=1S/C12H26ISi/c1-3-5-7-9-11-14(13)12-10-8-6-4-2/h3-12H2,1-2H3. The molecule has 0 fully saturated rings. The number of hydrogen-bond acceptors (Lipinski definition) is 0. The molecule has 0 amide bonds. The minimum absolute atomic E-state index is 0.0194. The fraction of sp³-hybridized carbons (Fsp3) is 1.00. The van der Waals surface area contributed by atoms with Crippen LogP contribution in [-0.4, -0.2) is 6.29 Å². The Morgan fingerprint density at radius 1 is 0.714 bits per heavy atom. The van der Waals surface area contributed by atoms with E-state index in [9.17, 15) is 0 Å². The molecule has 0 saturated heterocycles. The highest BCUT2D eigenvalue weighted by Gasteiger charge is 2.05. The summed E-state index contributed by atoms with van der Waals surface area (Å²) in [6, 6.07) is 3.11. The minimum atomic E-state index is 0.0194. The Kier molecular flexibility index (Phi) is 12.8. The van der Waals surface area contributed by atoms with Crippen LogP contribution in [0.1, 0.15) is 65.2 Å². The van der Waals surface area contributed by atoms with Crippen molar-refractivity contribution in [3.05, 3.63) is 0 Å². The predicted molar refractivity (Wildman–Crippen MR) is 77.7 cm³/mol. The van der Waals surface area contributed by atoms with Gasteiger partial charge in [0.1, 0.15) is 6.29 Å². The van der Waals surface area contributed by atoms with Gasteiger partial charge in [-0.3, -0.25) is 0 Å². The normalized spacial score (nSPS) is 11.1. The third kappa shape index (κ3) is 11.0. The van der Waals surface area contributed by atoms with E-state index in [-0.39, 0.29) is 6.29 Å². The third-order valence-electron chi connectivity index (χ3n) is 2.60. The molecular formula is C12H26ISi. The lowest BCUT2D eigenvalue weighted by Gasteiger charge is -2.06. The Hall–Kier alpha value is 0.947. The van der Waals surface area contributed by atoms with Gasteiger partial charge in [-0.2, -0.15) is 0 Å². The molecule has 0 aromatic carbocycles. The van der Waals surface area contributed by atoms with Crippen molar-refractivity contribution < 1.29 is 0 Å². The highest BCUT2D eigenvalue weighted by Crippen LogP contribution is 2.17. The van der Waals surface area contributed by atoms with E-state index in [2.05, 4.69) is 35.6 Å². The van der Waals surface area contributed by atoms with E-state index in [1.165, 1.54) is 51.4 Å². The predicted octanol–water partition coefficient (Wildman–Crippen LogP) is 5.57. The molecule has 0 rings (SSSR count). The second kappa shape index (κ2) is 12.0. The summed E-state index contributed by atoms with van der Waals surface area (Å²) < 4.78 is 0. The average molecular weight is 325 g/mol. The molecule has 0 aliphatic rings. The van der Waals surface area contributed by atoms with E-state index in [0.29, 0.717) is 0 Å². The number of hydrogen-bond donors (Lipinski definition) is 0. The zero-order valence-electron chi connectivity index (χ0n) is 9.95. The lowest BCUT2D eigenvalue weighted by Crippen LogP contribution is -2.01. The molecule has 0 bridgehead atoms. The molecule has 0 nitrogen and oxygen atoms in total. The van der Waals surface area contributed by atoms with E-state index in [4.69, 9.17) is 0 Å². The topological polar surface area (TPSA) is 0 Å². The molecule has 0 aliphatic heterocycles. The van der Waals surface area contributed by atoms with Crippen molar-refractivity contribution in [3.8, 4) is 0 Å². The zero-order chi connectivity index (χ0) is 10.6. The largest absolute Gasteiger partial charge is 0.129 e. The van der Waals surface area contributed by atoms with Gasteiger partial charge in [0.25, 0.3) is 0 Å². The first-order valence-corrected chi connectivity index (χ1v) is 11.3. The first-order chi connectivity index (χ1) is 6.81. The maximum atomic E-state index is 2.75.